The molecule has 0 bridgehead atoms. The SMILES string of the molecule is CC(CCC(=O)O)NC(=O)C(Oc1ccccc1)c1ccccc1. The third-order valence-electron chi connectivity index (χ3n) is 3.52. The van der Waals surface area contributed by atoms with Crippen molar-refractivity contribution in [3.63, 3.8) is 0 Å². The predicted molar refractivity (Wildman–Crippen MR) is 90.7 cm³/mol. The minimum atomic E-state index is -0.878. The molecule has 1 amide bonds. The summed E-state index contributed by atoms with van der Waals surface area (Å²) >= 11 is 0. The van der Waals surface area contributed by atoms with Crippen molar-refractivity contribution in [2.45, 2.75) is 31.9 Å². The highest BCUT2D eigenvalue weighted by Crippen LogP contribution is 2.22. The van der Waals surface area contributed by atoms with Gasteiger partial charge in [0.1, 0.15) is 5.75 Å². The number of carbonyl (C=O) groups is 2. The van der Waals surface area contributed by atoms with Crippen LogP contribution in [0.4, 0.5) is 0 Å². The number of benzene rings is 2. The number of ether oxygens (including phenoxy) is 1. The average Bonchev–Trinajstić information content (AvgIpc) is 2.59. The van der Waals surface area contributed by atoms with Crippen LogP contribution in [0.2, 0.25) is 0 Å². The molecular formula is C19H21NO4. The second-order valence-electron chi connectivity index (χ2n) is 5.56. The zero-order valence-electron chi connectivity index (χ0n) is 13.5. The van der Waals surface area contributed by atoms with Crippen molar-refractivity contribution >= 4 is 11.9 Å². The number of carbonyl (C=O) groups excluding carboxylic acids is 1. The molecule has 5 heteroatoms. The van der Waals surface area contributed by atoms with Gasteiger partial charge in [0, 0.05) is 18.0 Å². The fraction of sp³-hybridized carbons (Fsp3) is 0.263. The highest BCUT2D eigenvalue weighted by atomic mass is 16.5. The van der Waals surface area contributed by atoms with Crippen molar-refractivity contribution in [2.24, 2.45) is 0 Å². The number of carboxylic acids is 1. The molecule has 2 aromatic rings. The molecule has 2 rings (SSSR count). The Morgan fingerprint density at radius 3 is 2.21 bits per heavy atom. The molecule has 24 heavy (non-hydrogen) atoms. The van der Waals surface area contributed by atoms with Crippen molar-refractivity contribution < 1.29 is 19.4 Å². The van der Waals surface area contributed by atoms with E-state index in [1.54, 1.807) is 19.1 Å². The van der Waals surface area contributed by atoms with Crippen LogP contribution < -0.4 is 10.1 Å². The number of rotatable bonds is 8. The maximum absolute atomic E-state index is 12.6. The lowest BCUT2D eigenvalue weighted by molar-refractivity contribution is -0.137. The number of nitrogens with one attached hydrogen (secondary N) is 1. The van der Waals surface area contributed by atoms with Crippen molar-refractivity contribution in [3.05, 3.63) is 66.2 Å². The van der Waals surface area contributed by atoms with Crippen LogP contribution >= 0.6 is 0 Å². The molecule has 0 aliphatic heterocycles. The van der Waals surface area contributed by atoms with Crippen LogP contribution in [0.1, 0.15) is 31.4 Å². The van der Waals surface area contributed by atoms with Gasteiger partial charge in [-0.3, -0.25) is 9.59 Å². The number of aliphatic carboxylic acids is 1. The smallest absolute Gasteiger partial charge is 0.303 e. The first-order chi connectivity index (χ1) is 11.6. The van der Waals surface area contributed by atoms with Gasteiger partial charge < -0.3 is 15.2 Å². The summed E-state index contributed by atoms with van der Waals surface area (Å²) in [4.78, 5) is 23.3. The largest absolute Gasteiger partial charge is 0.481 e. The zero-order valence-corrected chi connectivity index (χ0v) is 13.5. The van der Waals surface area contributed by atoms with Crippen LogP contribution in [0.5, 0.6) is 5.75 Å². The van der Waals surface area contributed by atoms with Crippen molar-refractivity contribution in [1.29, 1.82) is 0 Å². The van der Waals surface area contributed by atoms with E-state index in [1.165, 1.54) is 0 Å². The van der Waals surface area contributed by atoms with E-state index in [4.69, 9.17) is 9.84 Å². The van der Waals surface area contributed by atoms with Crippen LogP contribution in [0.15, 0.2) is 60.7 Å². The molecule has 0 aliphatic carbocycles. The maximum atomic E-state index is 12.6. The molecular weight excluding hydrogens is 306 g/mol. The lowest BCUT2D eigenvalue weighted by atomic mass is 10.1. The third-order valence-corrected chi connectivity index (χ3v) is 3.52. The predicted octanol–water partition coefficient (Wildman–Crippen LogP) is 3.18. The van der Waals surface area contributed by atoms with Crippen LogP contribution in [-0.4, -0.2) is 23.0 Å². The van der Waals surface area contributed by atoms with Crippen LogP contribution in [0.25, 0.3) is 0 Å². The summed E-state index contributed by atoms with van der Waals surface area (Å²) in [6.45, 7) is 1.78. The zero-order chi connectivity index (χ0) is 17.4. The van der Waals surface area contributed by atoms with E-state index in [9.17, 15) is 9.59 Å². The molecule has 0 spiro atoms. The van der Waals surface area contributed by atoms with Crippen LogP contribution in [-0.2, 0) is 9.59 Å². The van der Waals surface area contributed by atoms with Gasteiger partial charge in [-0.1, -0.05) is 48.5 Å². The van der Waals surface area contributed by atoms with Gasteiger partial charge in [0.15, 0.2) is 0 Å². The van der Waals surface area contributed by atoms with E-state index in [0.29, 0.717) is 12.2 Å². The molecule has 2 atom stereocenters. The maximum Gasteiger partial charge on any atom is 0.303 e. The number of hydrogen-bond acceptors (Lipinski definition) is 3. The van der Waals surface area contributed by atoms with E-state index in [1.807, 2.05) is 48.5 Å². The number of amides is 1. The highest BCUT2D eigenvalue weighted by Gasteiger charge is 2.24. The minimum absolute atomic E-state index is 0.0109. The lowest BCUT2D eigenvalue weighted by Crippen LogP contribution is -2.38. The van der Waals surface area contributed by atoms with Crippen molar-refractivity contribution in [1.82, 2.24) is 5.32 Å². The molecule has 2 N–H and O–H groups in total. The molecule has 2 unspecified atom stereocenters. The van der Waals surface area contributed by atoms with Gasteiger partial charge in [-0.05, 0) is 25.5 Å². The fourth-order valence-electron chi connectivity index (χ4n) is 2.27. The quantitative estimate of drug-likeness (QED) is 0.781. The molecule has 0 heterocycles. The number of carboxylic acid groups (broad SMARTS) is 1. The Balaban J connectivity index is 2.10. The number of hydrogen-bond donors (Lipinski definition) is 2. The summed E-state index contributed by atoms with van der Waals surface area (Å²) in [6, 6.07) is 18.1. The van der Waals surface area contributed by atoms with E-state index >= 15 is 0 Å². The van der Waals surface area contributed by atoms with E-state index in [2.05, 4.69) is 5.32 Å². The standard InChI is InChI=1S/C19H21NO4/c1-14(12-13-17(21)22)20-19(23)18(15-8-4-2-5-9-15)24-16-10-6-3-7-11-16/h2-11,14,18H,12-13H2,1H3,(H,20,23)(H,21,22). The Hall–Kier alpha value is -2.82. The molecule has 2 aromatic carbocycles. The molecule has 0 aromatic heterocycles. The van der Waals surface area contributed by atoms with Crippen molar-refractivity contribution in [3.8, 4) is 5.75 Å². The van der Waals surface area contributed by atoms with Gasteiger partial charge in [-0.2, -0.15) is 0 Å². The van der Waals surface area contributed by atoms with Gasteiger partial charge in [0.25, 0.3) is 5.91 Å². The molecule has 0 aliphatic rings. The summed E-state index contributed by atoms with van der Waals surface area (Å²) in [6.07, 6.45) is -0.411. The van der Waals surface area contributed by atoms with Gasteiger partial charge in [-0.25, -0.2) is 0 Å². The van der Waals surface area contributed by atoms with E-state index in [-0.39, 0.29) is 18.4 Å². The Morgan fingerprint density at radius 2 is 1.62 bits per heavy atom. The summed E-state index contributed by atoms with van der Waals surface area (Å²) < 4.78 is 5.86. The van der Waals surface area contributed by atoms with E-state index in [0.717, 1.165) is 5.56 Å². The van der Waals surface area contributed by atoms with E-state index < -0.39 is 12.1 Å². The molecule has 0 saturated carbocycles. The molecule has 126 valence electrons. The number of para-hydroxylation sites is 1. The van der Waals surface area contributed by atoms with Gasteiger partial charge >= 0.3 is 5.97 Å². The average molecular weight is 327 g/mol. The Labute approximate surface area is 141 Å². The molecule has 0 saturated heterocycles. The second kappa shape index (κ2) is 8.72. The van der Waals surface area contributed by atoms with Gasteiger partial charge in [0.2, 0.25) is 6.10 Å². The topological polar surface area (TPSA) is 75.6 Å². The van der Waals surface area contributed by atoms with Gasteiger partial charge in [-0.15, -0.1) is 0 Å². The second-order valence-corrected chi connectivity index (χ2v) is 5.56. The summed E-state index contributed by atoms with van der Waals surface area (Å²) in [5.74, 6) is -0.570. The van der Waals surface area contributed by atoms with Crippen LogP contribution in [0, 0.1) is 0 Å². The van der Waals surface area contributed by atoms with Crippen LogP contribution in [0.3, 0.4) is 0 Å². The molecule has 5 nitrogen and oxygen atoms in total. The third kappa shape index (κ3) is 5.43. The Morgan fingerprint density at radius 1 is 1.04 bits per heavy atom. The van der Waals surface area contributed by atoms with Crippen molar-refractivity contribution in [2.75, 3.05) is 0 Å². The van der Waals surface area contributed by atoms with Gasteiger partial charge in [0.05, 0.1) is 0 Å². The minimum Gasteiger partial charge on any atom is -0.481 e. The summed E-state index contributed by atoms with van der Waals surface area (Å²) in [5, 5.41) is 11.6. The summed E-state index contributed by atoms with van der Waals surface area (Å²) in [5.41, 5.74) is 0.740. The molecule has 0 radical (unpaired) electrons. The summed E-state index contributed by atoms with van der Waals surface area (Å²) in [7, 11) is 0. The lowest BCUT2D eigenvalue weighted by Gasteiger charge is -2.21. The molecule has 0 fully saturated rings. The first-order valence-electron chi connectivity index (χ1n) is 7.85. The fourth-order valence-corrected chi connectivity index (χ4v) is 2.27. The monoisotopic (exact) mass is 327 g/mol. The first-order valence-corrected chi connectivity index (χ1v) is 7.85. The Kier molecular flexibility index (Phi) is 6.37. The highest BCUT2D eigenvalue weighted by molar-refractivity contribution is 5.82. The normalized spacial score (nSPS) is 12.9. The Bertz CT molecular complexity index is 658. The first kappa shape index (κ1) is 17.5.